The summed E-state index contributed by atoms with van der Waals surface area (Å²) in [6.45, 7) is 6.22. The van der Waals surface area contributed by atoms with Gasteiger partial charge in [-0.15, -0.1) is 11.7 Å². The molecule has 0 saturated heterocycles. The van der Waals surface area contributed by atoms with Crippen LogP contribution in [0.1, 0.15) is 39.2 Å². The van der Waals surface area contributed by atoms with Gasteiger partial charge in [-0.25, -0.2) is 8.78 Å². The largest absolute Gasteiger partial charge is 0.346 e. The molecule has 124 valence electrons. The van der Waals surface area contributed by atoms with Gasteiger partial charge in [0.15, 0.2) is 0 Å². The Morgan fingerprint density at radius 3 is 2.36 bits per heavy atom. The van der Waals surface area contributed by atoms with Crippen LogP contribution >= 0.6 is 22.5 Å². The summed E-state index contributed by atoms with van der Waals surface area (Å²) in [6.07, 6.45) is 1.74. The summed E-state index contributed by atoms with van der Waals surface area (Å²) in [4.78, 5) is 12.2. The second-order valence-electron chi connectivity index (χ2n) is 6.59. The van der Waals surface area contributed by atoms with Crippen LogP contribution in [0.15, 0.2) is 18.2 Å². The first-order valence-electron chi connectivity index (χ1n) is 7.20. The molecule has 1 aromatic rings. The molecular formula is C16H23F2NOS2. The number of amides is 1. The molecular weight excluding hydrogens is 324 g/mol. The quantitative estimate of drug-likeness (QED) is 0.429. The number of thiol groups is 1. The van der Waals surface area contributed by atoms with Crippen molar-refractivity contribution in [3.05, 3.63) is 35.4 Å². The normalized spacial score (nSPS) is 13.0. The van der Waals surface area contributed by atoms with Gasteiger partial charge in [-0.2, -0.15) is 0 Å². The molecule has 0 heterocycles. The molecule has 1 unspecified atom stereocenters. The molecule has 0 aliphatic rings. The maximum atomic E-state index is 13.2. The molecule has 0 saturated carbocycles. The van der Waals surface area contributed by atoms with E-state index in [-0.39, 0.29) is 17.2 Å². The van der Waals surface area contributed by atoms with Crippen LogP contribution in [0, 0.1) is 23.0 Å². The van der Waals surface area contributed by atoms with Gasteiger partial charge in [-0.05, 0) is 42.4 Å². The molecule has 1 atom stereocenters. The predicted molar refractivity (Wildman–Crippen MR) is 91.8 cm³/mol. The molecule has 2 nitrogen and oxygen atoms in total. The highest BCUT2D eigenvalue weighted by Crippen LogP contribution is 2.28. The number of aryl methyl sites for hydroxylation is 1. The Labute approximate surface area is 140 Å². The van der Waals surface area contributed by atoms with Gasteiger partial charge in [0.05, 0.1) is 5.88 Å². The molecule has 0 aliphatic carbocycles. The number of nitrogens with one attached hydrogen (secondary N) is 1. The summed E-state index contributed by atoms with van der Waals surface area (Å²) in [5, 5.41) is 2.81. The zero-order chi connectivity index (χ0) is 16.8. The first kappa shape index (κ1) is 19.3. The van der Waals surface area contributed by atoms with Gasteiger partial charge in [-0.3, -0.25) is 4.79 Å². The number of halogens is 2. The molecule has 1 aromatic carbocycles. The van der Waals surface area contributed by atoms with Crippen molar-refractivity contribution in [3.8, 4) is 0 Å². The Hall–Kier alpha value is -0.750. The monoisotopic (exact) mass is 347 g/mol. The maximum Gasteiger partial charge on any atom is 0.223 e. The number of carbonyl (C=O) groups is 1. The van der Waals surface area contributed by atoms with Crippen molar-refractivity contribution in [1.82, 2.24) is 5.32 Å². The number of hydrogen-bond acceptors (Lipinski definition) is 3. The SMILES string of the molecule is CC(C)(C)CC(CCc1cc(F)cc(F)c1)C(=O)NCSS. The van der Waals surface area contributed by atoms with Gasteiger partial charge in [0.2, 0.25) is 5.91 Å². The Kier molecular flexibility index (Phi) is 7.69. The van der Waals surface area contributed by atoms with Crippen LogP contribution in [0.3, 0.4) is 0 Å². The Bertz CT molecular complexity index is 483. The van der Waals surface area contributed by atoms with E-state index in [9.17, 15) is 13.6 Å². The minimum absolute atomic E-state index is 0.00328. The third-order valence-electron chi connectivity index (χ3n) is 3.24. The molecule has 0 radical (unpaired) electrons. The maximum absolute atomic E-state index is 13.2. The topological polar surface area (TPSA) is 29.1 Å². The smallest absolute Gasteiger partial charge is 0.223 e. The molecule has 22 heavy (non-hydrogen) atoms. The molecule has 1 rings (SSSR count). The van der Waals surface area contributed by atoms with Crippen molar-refractivity contribution in [2.75, 3.05) is 5.88 Å². The van der Waals surface area contributed by atoms with Crippen LogP contribution in [0.2, 0.25) is 0 Å². The fraction of sp³-hybridized carbons (Fsp3) is 0.562. The van der Waals surface area contributed by atoms with Crippen molar-refractivity contribution in [2.24, 2.45) is 11.3 Å². The first-order chi connectivity index (χ1) is 10.2. The summed E-state index contributed by atoms with van der Waals surface area (Å²) in [6, 6.07) is 3.49. The van der Waals surface area contributed by atoms with Gasteiger partial charge in [0.1, 0.15) is 11.6 Å². The summed E-state index contributed by atoms with van der Waals surface area (Å²) < 4.78 is 26.4. The second-order valence-corrected chi connectivity index (χ2v) is 7.91. The van der Waals surface area contributed by atoms with E-state index in [0.717, 1.165) is 6.07 Å². The van der Waals surface area contributed by atoms with E-state index < -0.39 is 11.6 Å². The summed E-state index contributed by atoms with van der Waals surface area (Å²) in [7, 11) is 1.25. The fourth-order valence-corrected chi connectivity index (χ4v) is 2.81. The van der Waals surface area contributed by atoms with Crippen molar-refractivity contribution in [3.63, 3.8) is 0 Å². The molecule has 0 aliphatic heterocycles. The van der Waals surface area contributed by atoms with Crippen molar-refractivity contribution in [1.29, 1.82) is 0 Å². The Morgan fingerprint density at radius 2 is 1.86 bits per heavy atom. The lowest BCUT2D eigenvalue weighted by atomic mass is 9.81. The van der Waals surface area contributed by atoms with E-state index in [1.807, 2.05) is 0 Å². The van der Waals surface area contributed by atoms with Crippen LogP contribution < -0.4 is 5.32 Å². The van der Waals surface area contributed by atoms with Gasteiger partial charge < -0.3 is 5.32 Å². The van der Waals surface area contributed by atoms with E-state index in [1.165, 1.54) is 22.9 Å². The highest BCUT2D eigenvalue weighted by Gasteiger charge is 2.24. The summed E-state index contributed by atoms with van der Waals surface area (Å²) >= 11 is 4.00. The predicted octanol–water partition coefficient (Wildman–Crippen LogP) is 4.60. The average Bonchev–Trinajstić information content (AvgIpc) is 2.38. The molecule has 1 N–H and O–H groups in total. The summed E-state index contributed by atoms with van der Waals surface area (Å²) in [5.74, 6) is -0.950. The second kappa shape index (κ2) is 8.77. The molecule has 0 aromatic heterocycles. The van der Waals surface area contributed by atoms with Crippen molar-refractivity contribution in [2.45, 2.75) is 40.0 Å². The lowest BCUT2D eigenvalue weighted by Gasteiger charge is -2.25. The zero-order valence-corrected chi connectivity index (χ0v) is 14.9. The highest BCUT2D eigenvalue weighted by atomic mass is 33.1. The minimum Gasteiger partial charge on any atom is -0.346 e. The standard InChI is InChI=1S/C16H23F2NOS2/c1-16(2,3)9-12(15(20)19-10-22-21)5-4-11-6-13(17)8-14(18)7-11/h6-8,12,21H,4-5,9-10H2,1-3H3,(H,19,20). The minimum atomic E-state index is -0.585. The highest BCUT2D eigenvalue weighted by molar-refractivity contribution is 8.68. The van der Waals surface area contributed by atoms with Gasteiger partial charge >= 0.3 is 0 Å². The molecule has 0 bridgehead atoms. The van der Waals surface area contributed by atoms with Crippen LogP contribution in [-0.4, -0.2) is 11.8 Å². The molecule has 0 spiro atoms. The number of hydrogen-bond donors (Lipinski definition) is 2. The van der Waals surface area contributed by atoms with E-state index in [2.05, 4.69) is 37.7 Å². The molecule has 1 amide bonds. The Morgan fingerprint density at radius 1 is 1.27 bits per heavy atom. The third-order valence-corrected chi connectivity index (χ3v) is 3.91. The van der Waals surface area contributed by atoms with E-state index >= 15 is 0 Å². The van der Waals surface area contributed by atoms with Gasteiger partial charge in [0, 0.05) is 12.0 Å². The van der Waals surface area contributed by atoms with Crippen LogP contribution in [0.25, 0.3) is 0 Å². The molecule has 6 heteroatoms. The van der Waals surface area contributed by atoms with Crippen molar-refractivity contribution >= 4 is 28.4 Å². The zero-order valence-electron chi connectivity index (χ0n) is 13.2. The van der Waals surface area contributed by atoms with Crippen molar-refractivity contribution < 1.29 is 13.6 Å². The third kappa shape index (κ3) is 7.49. The van der Waals surface area contributed by atoms with Crippen LogP contribution in [0.4, 0.5) is 8.78 Å². The van der Waals surface area contributed by atoms with Crippen LogP contribution in [-0.2, 0) is 11.2 Å². The average molecular weight is 347 g/mol. The molecule has 0 fully saturated rings. The van der Waals surface area contributed by atoms with E-state index in [4.69, 9.17) is 0 Å². The number of benzene rings is 1. The van der Waals surface area contributed by atoms with Crippen LogP contribution in [0.5, 0.6) is 0 Å². The lowest BCUT2D eigenvalue weighted by molar-refractivity contribution is -0.125. The number of rotatable bonds is 7. The Balaban J connectivity index is 2.72. The van der Waals surface area contributed by atoms with E-state index in [0.29, 0.717) is 30.7 Å². The van der Waals surface area contributed by atoms with E-state index in [1.54, 1.807) is 0 Å². The van der Waals surface area contributed by atoms with Gasteiger partial charge in [-0.1, -0.05) is 31.6 Å². The fourth-order valence-electron chi connectivity index (χ4n) is 2.41. The number of carbonyl (C=O) groups excluding carboxylic acids is 1. The first-order valence-corrected chi connectivity index (χ1v) is 9.24. The lowest BCUT2D eigenvalue weighted by Crippen LogP contribution is -2.33. The summed E-state index contributed by atoms with van der Waals surface area (Å²) in [5.41, 5.74) is 0.580. The van der Waals surface area contributed by atoms with Gasteiger partial charge in [0.25, 0.3) is 0 Å².